The Morgan fingerprint density at radius 1 is 0.490 bits per heavy atom. The van der Waals surface area contributed by atoms with Crippen LogP contribution in [0.25, 0.3) is 71.3 Å². The van der Waals surface area contributed by atoms with E-state index in [2.05, 4.69) is 172 Å². The molecule has 0 unspecified atom stereocenters. The van der Waals surface area contributed by atoms with E-state index in [1.165, 1.54) is 32.6 Å². The first-order valence-electron chi connectivity index (χ1n) is 16.5. The van der Waals surface area contributed by atoms with Crippen LogP contribution in [0, 0.1) is 0 Å². The fraction of sp³-hybridized carbons (Fsp3) is 0. The average molecular weight is 628 g/mol. The Morgan fingerprint density at radius 3 is 2.02 bits per heavy atom. The van der Waals surface area contributed by atoms with Gasteiger partial charge in [-0.1, -0.05) is 103 Å². The third kappa shape index (κ3) is 4.35. The first-order chi connectivity index (χ1) is 24.3. The molecule has 230 valence electrons. The number of para-hydroxylation sites is 3. The van der Waals surface area contributed by atoms with Crippen LogP contribution >= 0.6 is 0 Å². The molecule has 10 rings (SSSR count). The molecular formula is C45H29N3O. The highest BCUT2D eigenvalue weighted by molar-refractivity contribution is 6.18. The number of rotatable bonds is 5. The van der Waals surface area contributed by atoms with E-state index in [1.807, 2.05) is 12.3 Å². The summed E-state index contributed by atoms with van der Waals surface area (Å²) >= 11 is 0. The summed E-state index contributed by atoms with van der Waals surface area (Å²) in [7, 11) is 0. The fourth-order valence-electron chi connectivity index (χ4n) is 7.44. The number of hydrogen-bond donors (Lipinski definition) is 0. The van der Waals surface area contributed by atoms with Crippen molar-refractivity contribution in [2.45, 2.75) is 0 Å². The van der Waals surface area contributed by atoms with Gasteiger partial charge in [0.15, 0.2) is 5.58 Å². The van der Waals surface area contributed by atoms with Crippen molar-refractivity contribution in [3.05, 3.63) is 176 Å². The highest BCUT2D eigenvalue weighted by atomic mass is 16.3. The van der Waals surface area contributed by atoms with E-state index in [0.717, 1.165) is 55.8 Å². The Bertz CT molecular complexity index is 2810. The maximum atomic E-state index is 6.30. The summed E-state index contributed by atoms with van der Waals surface area (Å²) in [6.07, 6.45) is 3.60. The second-order valence-corrected chi connectivity index (χ2v) is 12.4. The molecule has 3 heterocycles. The van der Waals surface area contributed by atoms with Crippen molar-refractivity contribution in [1.82, 2.24) is 9.55 Å². The van der Waals surface area contributed by atoms with E-state index < -0.39 is 0 Å². The maximum absolute atomic E-state index is 6.30. The number of hydrogen-bond acceptors (Lipinski definition) is 3. The van der Waals surface area contributed by atoms with Crippen LogP contribution in [0.2, 0.25) is 0 Å². The SMILES string of the molecule is c1ccc(N(c2ccc(-c3cccc4c3oc3cnccc34)cc2)c2ccc(-n3c4ccccc4c4ccc5ccccc5c43)cc2)cc1. The van der Waals surface area contributed by atoms with Crippen molar-refractivity contribution < 1.29 is 4.42 Å². The van der Waals surface area contributed by atoms with Crippen molar-refractivity contribution in [1.29, 1.82) is 0 Å². The van der Waals surface area contributed by atoms with Crippen LogP contribution in [-0.2, 0) is 0 Å². The lowest BCUT2D eigenvalue weighted by Gasteiger charge is -2.26. The summed E-state index contributed by atoms with van der Waals surface area (Å²) in [5, 5.41) is 7.19. The maximum Gasteiger partial charge on any atom is 0.153 e. The van der Waals surface area contributed by atoms with Gasteiger partial charge in [0.05, 0.1) is 17.2 Å². The second-order valence-electron chi connectivity index (χ2n) is 12.4. The standard InChI is InChI=1S/C45H29N3O/c1-2-10-32(11-3-1)47(33-20-17-31(18-21-33)37-14-8-15-41-39-27-28-46-29-43(39)49-45(37)41)34-22-24-35(25-23-34)48-42-16-7-6-13-38(42)40-26-19-30-9-4-5-12-36(30)44(40)48/h1-29H. The summed E-state index contributed by atoms with van der Waals surface area (Å²) in [5.74, 6) is 0. The lowest BCUT2D eigenvalue weighted by molar-refractivity contribution is 0.668. The minimum absolute atomic E-state index is 0.800. The van der Waals surface area contributed by atoms with Gasteiger partial charge in [-0.2, -0.15) is 0 Å². The van der Waals surface area contributed by atoms with Crippen molar-refractivity contribution in [2.24, 2.45) is 0 Å². The number of anilines is 3. The highest BCUT2D eigenvalue weighted by Crippen LogP contribution is 2.40. The van der Waals surface area contributed by atoms with Gasteiger partial charge in [-0.05, 0) is 71.6 Å². The van der Waals surface area contributed by atoms with Gasteiger partial charge in [-0.3, -0.25) is 4.98 Å². The zero-order valence-corrected chi connectivity index (χ0v) is 26.5. The lowest BCUT2D eigenvalue weighted by Crippen LogP contribution is -2.10. The lowest BCUT2D eigenvalue weighted by atomic mass is 10.0. The quantitative estimate of drug-likeness (QED) is 0.190. The van der Waals surface area contributed by atoms with Crippen molar-refractivity contribution >= 4 is 71.6 Å². The zero-order valence-electron chi connectivity index (χ0n) is 26.5. The van der Waals surface area contributed by atoms with Gasteiger partial charge in [0, 0.05) is 61.4 Å². The fourth-order valence-corrected chi connectivity index (χ4v) is 7.44. The van der Waals surface area contributed by atoms with Gasteiger partial charge in [0.25, 0.3) is 0 Å². The number of pyridine rings is 1. The van der Waals surface area contributed by atoms with E-state index in [4.69, 9.17) is 4.42 Å². The third-order valence-electron chi connectivity index (χ3n) is 9.68. The van der Waals surface area contributed by atoms with Crippen molar-refractivity contribution in [3.63, 3.8) is 0 Å². The van der Waals surface area contributed by atoms with E-state index in [0.29, 0.717) is 0 Å². The molecule has 0 atom stereocenters. The van der Waals surface area contributed by atoms with E-state index in [9.17, 15) is 0 Å². The number of aromatic nitrogens is 2. The minimum atomic E-state index is 0.800. The summed E-state index contributed by atoms with van der Waals surface area (Å²) in [6, 6.07) is 58.4. The number of furan rings is 1. The topological polar surface area (TPSA) is 34.2 Å². The average Bonchev–Trinajstić information content (AvgIpc) is 3.72. The molecule has 3 aromatic heterocycles. The third-order valence-corrected chi connectivity index (χ3v) is 9.68. The van der Waals surface area contributed by atoms with Gasteiger partial charge >= 0.3 is 0 Å². The molecule has 4 heteroatoms. The van der Waals surface area contributed by atoms with Crippen LogP contribution in [0.15, 0.2) is 181 Å². The first kappa shape index (κ1) is 27.5. The molecule has 4 nitrogen and oxygen atoms in total. The molecular weight excluding hydrogens is 599 g/mol. The molecule has 0 aliphatic rings. The predicted molar refractivity (Wildman–Crippen MR) is 203 cm³/mol. The van der Waals surface area contributed by atoms with E-state index >= 15 is 0 Å². The molecule has 0 aliphatic carbocycles. The molecule has 0 spiro atoms. The summed E-state index contributed by atoms with van der Waals surface area (Å²) in [6.45, 7) is 0. The van der Waals surface area contributed by atoms with Gasteiger partial charge < -0.3 is 13.9 Å². The van der Waals surface area contributed by atoms with E-state index in [1.54, 1.807) is 6.20 Å². The van der Waals surface area contributed by atoms with Gasteiger partial charge in [0.2, 0.25) is 0 Å². The smallest absolute Gasteiger partial charge is 0.153 e. The Labute approximate surface area is 282 Å². The van der Waals surface area contributed by atoms with Crippen molar-refractivity contribution in [2.75, 3.05) is 4.90 Å². The Morgan fingerprint density at radius 2 is 1.18 bits per heavy atom. The summed E-state index contributed by atoms with van der Waals surface area (Å²) in [4.78, 5) is 6.56. The van der Waals surface area contributed by atoms with E-state index in [-0.39, 0.29) is 0 Å². The molecule has 10 aromatic rings. The van der Waals surface area contributed by atoms with Crippen LogP contribution in [0.3, 0.4) is 0 Å². The summed E-state index contributed by atoms with van der Waals surface area (Å²) < 4.78 is 8.71. The van der Waals surface area contributed by atoms with Crippen LogP contribution < -0.4 is 4.90 Å². The number of benzene rings is 7. The molecule has 0 bridgehead atoms. The van der Waals surface area contributed by atoms with Gasteiger partial charge in [-0.15, -0.1) is 0 Å². The zero-order chi connectivity index (χ0) is 32.3. The molecule has 0 radical (unpaired) electrons. The molecule has 0 N–H and O–H groups in total. The van der Waals surface area contributed by atoms with Crippen molar-refractivity contribution in [3.8, 4) is 16.8 Å². The normalized spacial score (nSPS) is 11.7. The molecule has 0 aliphatic heterocycles. The largest absolute Gasteiger partial charge is 0.454 e. The monoisotopic (exact) mass is 627 g/mol. The molecule has 0 saturated heterocycles. The molecule has 0 amide bonds. The predicted octanol–water partition coefficient (Wildman–Crippen LogP) is 12.4. The second kappa shape index (κ2) is 11.0. The van der Waals surface area contributed by atoms with Gasteiger partial charge in [-0.25, -0.2) is 0 Å². The minimum Gasteiger partial charge on any atom is -0.454 e. The molecule has 49 heavy (non-hydrogen) atoms. The van der Waals surface area contributed by atoms with Crippen LogP contribution in [0.5, 0.6) is 0 Å². The molecule has 7 aromatic carbocycles. The molecule has 0 saturated carbocycles. The Hall–Kier alpha value is -6.65. The summed E-state index contributed by atoms with van der Waals surface area (Å²) in [5.41, 5.74) is 10.7. The highest BCUT2D eigenvalue weighted by Gasteiger charge is 2.18. The Balaban J connectivity index is 1.08. The first-order valence-corrected chi connectivity index (χ1v) is 16.5. The van der Waals surface area contributed by atoms with Crippen LogP contribution in [0.4, 0.5) is 17.1 Å². The van der Waals surface area contributed by atoms with Gasteiger partial charge in [0.1, 0.15) is 5.58 Å². The number of fused-ring (bicyclic) bond motifs is 8. The van der Waals surface area contributed by atoms with Crippen LogP contribution in [0.1, 0.15) is 0 Å². The number of nitrogens with zero attached hydrogens (tertiary/aromatic N) is 3. The van der Waals surface area contributed by atoms with Crippen LogP contribution in [-0.4, -0.2) is 9.55 Å². The molecule has 0 fully saturated rings. The Kier molecular flexibility index (Phi) is 6.15.